The highest BCUT2D eigenvalue weighted by molar-refractivity contribution is 6.48. The number of hydrogen-bond acceptors (Lipinski definition) is 1. The molecule has 0 aliphatic carbocycles. The van der Waals surface area contributed by atoms with Crippen LogP contribution in [0.15, 0.2) is 42.5 Å². The van der Waals surface area contributed by atoms with Crippen molar-refractivity contribution in [2.45, 2.75) is 12.1 Å². The summed E-state index contributed by atoms with van der Waals surface area (Å²) in [6, 6.07) is 6.25. The smallest absolute Gasteiger partial charge is 0.399 e. The van der Waals surface area contributed by atoms with Crippen LogP contribution in [-0.2, 0) is 0 Å². The van der Waals surface area contributed by atoms with Gasteiger partial charge in [0.2, 0.25) is 0 Å². The molecule has 0 heterocycles. The third kappa shape index (κ3) is 4.69. The monoisotopic (exact) mass is 426 g/mol. The molecule has 0 amide bonds. The van der Waals surface area contributed by atoms with Crippen LogP contribution in [0.1, 0.15) is 27.4 Å². The van der Waals surface area contributed by atoms with E-state index in [0.717, 1.165) is 36.4 Å². The van der Waals surface area contributed by atoms with Crippen molar-refractivity contribution in [1.82, 2.24) is 0 Å². The van der Waals surface area contributed by atoms with Gasteiger partial charge < -0.3 is 5.11 Å². The van der Waals surface area contributed by atoms with Crippen molar-refractivity contribution in [3.63, 3.8) is 0 Å². The van der Waals surface area contributed by atoms with Gasteiger partial charge in [-0.25, -0.2) is 9.18 Å². The fourth-order valence-corrected chi connectivity index (χ4v) is 2.76. The number of benzene rings is 2. The molecule has 0 saturated heterocycles. The van der Waals surface area contributed by atoms with Gasteiger partial charge >= 0.3 is 12.1 Å². The molecule has 138 valence electrons. The Morgan fingerprint density at radius 1 is 1.00 bits per heavy atom. The Morgan fingerprint density at radius 3 is 1.88 bits per heavy atom. The summed E-state index contributed by atoms with van der Waals surface area (Å²) in [5.74, 6) is -4.74. The number of allylic oxidation sites excluding steroid dienone is 1. The fraction of sp³-hybridized carbons (Fsp3) is 0.118. The molecule has 2 nitrogen and oxygen atoms in total. The largest absolute Gasteiger partial charge is 0.478 e. The first-order valence-corrected chi connectivity index (χ1v) is 8.06. The zero-order valence-corrected chi connectivity index (χ0v) is 14.9. The topological polar surface area (TPSA) is 37.3 Å². The minimum absolute atomic E-state index is 0.105. The van der Waals surface area contributed by atoms with Crippen LogP contribution in [0.25, 0.3) is 5.83 Å². The highest BCUT2D eigenvalue weighted by Crippen LogP contribution is 2.42. The average Bonchev–Trinajstić information content (AvgIpc) is 2.56. The Morgan fingerprint density at radius 2 is 1.46 bits per heavy atom. The molecule has 1 N–H and O–H groups in total. The molecular weight excluding hydrogens is 419 g/mol. The second kappa shape index (κ2) is 7.86. The molecule has 2 aromatic carbocycles. The zero-order chi connectivity index (χ0) is 19.6. The second-order valence-electron chi connectivity index (χ2n) is 5.21. The summed E-state index contributed by atoms with van der Waals surface area (Å²) in [5.41, 5.74) is -0.699. The maximum atomic E-state index is 14.3. The summed E-state index contributed by atoms with van der Waals surface area (Å²) in [5, 5.41) is 8.31. The summed E-state index contributed by atoms with van der Waals surface area (Å²) in [7, 11) is 0. The Bertz CT molecular complexity index is 838. The van der Waals surface area contributed by atoms with Crippen molar-refractivity contribution in [1.29, 1.82) is 0 Å². The van der Waals surface area contributed by atoms with Crippen molar-refractivity contribution in [3.05, 3.63) is 74.2 Å². The van der Waals surface area contributed by atoms with E-state index in [2.05, 4.69) is 0 Å². The van der Waals surface area contributed by atoms with Gasteiger partial charge in [0.25, 0.3) is 0 Å². The maximum Gasteiger partial charge on any atom is 0.399 e. The lowest BCUT2D eigenvalue weighted by molar-refractivity contribution is -0.139. The van der Waals surface area contributed by atoms with Gasteiger partial charge in [-0.1, -0.05) is 46.9 Å². The molecule has 2 aromatic rings. The normalized spacial score (nSPS) is 13.6. The van der Waals surface area contributed by atoms with Crippen molar-refractivity contribution >= 4 is 46.6 Å². The molecule has 0 radical (unpaired) electrons. The summed E-state index contributed by atoms with van der Waals surface area (Å²) < 4.78 is 54.6. The molecule has 1 atom stereocenters. The fourth-order valence-electron chi connectivity index (χ4n) is 2.15. The van der Waals surface area contributed by atoms with Gasteiger partial charge in [-0.3, -0.25) is 0 Å². The number of halogens is 7. The molecule has 2 rings (SSSR count). The number of rotatable bonds is 4. The lowest BCUT2D eigenvalue weighted by Gasteiger charge is -2.19. The quantitative estimate of drug-likeness (QED) is 0.421. The lowest BCUT2D eigenvalue weighted by atomic mass is 9.96. The summed E-state index contributed by atoms with van der Waals surface area (Å²) >= 11 is 17.2. The van der Waals surface area contributed by atoms with Crippen LogP contribution in [0.3, 0.4) is 0 Å². The first-order valence-electron chi connectivity index (χ1n) is 6.93. The van der Waals surface area contributed by atoms with Crippen molar-refractivity contribution in [3.8, 4) is 0 Å². The van der Waals surface area contributed by atoms with E-state index in [1.165, 1.54) is 0 Å². The number of hydrogen-bond donors (Lipinski definition) is 1. The predicted octanol–water partition coefficient (Wildman–Crippen LogP) is 7.00. The minimum atomic E-state index is -4.82. The summed E-state index contributed by atoms with van der Waals surface area (Å²) in [6.45, 7) is 0. The van der Waals surface area contributed by atoms with E-state index in [1.807, 2.05) is 0 Å². The third-order valence-corrected chi connectivity index (χ3v) is 4.64. The molecule has 0 spiro atoms. The SMILES string of the molecule is O=C(O)c1ccc(/C(F)=C/C(c2cc(Cl)c(Cl)c(Cl)c2)C(F)(F)F)cc1. The van der Waals surface area contributed by atoms with Crippen LogP contribution in [0.5, 0.6) is 0 Å². The second-order valence-corrected chi connectivity index (χ2v) is 6.41. The van der Waals surface area contributed by atoms with Crippen LogP contribution in [0.4, 0.5) is 17.6 Å². The average molecular weight is 428 g/mol. The van der Waals surface area contributed by atoms with E-state index >= 15 is 0 Å². The Labute approximate surface area is 160 Å². The van der Waals surface area contributed by atoms with Crippen LogP contribution in [0.2, 0.25) is 15.1 Å². The Hall–Kier alpha value is -1.76. The molecule has 9 heteroatoms. The van der Waals surface area contributed by atoms with Gasteiger partial charge in [-0.15, -0.1) is 0 Å². The summed E-state index contributed by atoms with van der Waals surface area (Å²) in [4.78, 5) is 10.8. The van der Waals surface area contributed by atoms with Gasteiger partial charge in [-0.2, -0.15) is 13.2 Å². The van der Waals surface area contributed by atoms with E-state index in [0.29, 0.717) is 6.08 Å². The lowest BCUT2D eigenvalue weighted by Crippen LogP contribution is -2.19. The first kappa shape index (κ1) is 20.6. The molecule has 0 bridgehead atoms. The number of alkyl halides is 3. The third-order valence-electron chi connectivity index (χ3n) is 3.44. The van der Waals surface area contributed by atoms with Gasteiger partial charge in [0.05, 0.1) is 20.6 Å². The van der Waals surface area contributed by atoms with Crippen LogP contribution >= 0.6 is 34.8 Å². The maximum absolute atomic E-state index is 14.3. The van der Waals surface area contributed by atoms with E-state index in [1.54, 1.807) is 0 Å². The zero-order valence-electron chi connectivity index (χ0n) is 12.6. The number of aromatic carboxylic acids is 1. The molecule has 1 unspecified atom stereocenters. The summed E-state index contributed by atoms with van der Waals surface area (Å²) in [6.07, 6.45) is -4.45. The van der Waals surface area contributed by atoms with E-state index in [9.17, 15) is 22.4 Å². The molecule has 0 aliphatic rings. The first-order chi connectivity index (χ1) is 12.0. The van der Waals surface area contributed by atoms with Crippen molar-refractivity contribution in [2.75, 3.05) is 0 Å². The minimum Gasteiger partial charge on any atom is -0.478 e. The van der Waals surface area contributed by atoms with Gasteiger partial charge in [0.15, 0.2) is 0 Å². The molecule has 0 aliphatic heterocycles. The standard InChI is InChI=1S/C17H9Cl3F4O2/c18-12-5-10(6-13(19)15(12)20)11(17(22,23)24)7-14(21)8-1-3-9(4-2-8)16(25)26/h1-7,11H,(H,25,26)/b14-7-. The van der Waals surface area contributed by atoms with Crippen LogP contribution in [0, 0.1) is 0 Å². The highest BCUT2D eigenvalue weighted by atomic mass is 35.5. The Balaban J connectivity index is 2.48. The van der Waals surface area contributed by atoms with Gasteiger partial charge in [-0.05, 0) is 35.9 Å². The van der Waals surface area contributed by atoms with Gasteiger partial charge in [0, 0.05) is 5.56 Å². The van der Waals surface area contributed by atoms with Crippen molar-refractivity contribution in [2.24, 2.45) is 0 Å². The van der Waals surface area contributed by atoms with E-state index in [4.69, 9.17) is 39.9 Å². The number of carbonyl (C=O) groups is 1. The van der Waals surface area contributed by atoms with Gasteiger partial charge in [0.1, 0.15) is 11.7 Å². The van der Waals surface area contributed by atoms with E-state index < -0.39 is 23.9 Å². The molecule has 26 heavy (non-hydrogen) atoms. The number of carboxylic acid groups (broad SMARTS) is 1. The van der Waals surface area contributed by atoms with Crippen LogP contribution in [-0.4, -0.2) is 17.3 Å². The highest BCUT2D eigenvalue weighted by Gasteiger charge is 2.40. The number of carboxylic acids is 1. The predicted molar refractivity (Wildman–Crippen MR) is 92.8 cm³/mol. The molecule has 0 saturated carbocycles. The van der Waals surface area contributed by atoms with Crippen molar-refractivity contribution < 1.29 is 27.5 Å². The molecule has 0 fully saturated rings. The van der Waals surface area contributed by atoms with E-state index in [-0.39, 0.29) is 31.8 Å². The van der Waals surface area contributed by atoms with Crippen LogP contribution < -0.4 is 0 Å². The molecular formula is C17H9Cl3F4O2. The molecule has 0 aromatic heterocycles. The Kier molecular flexibility index (Phi) is 6.21.